The Morgan fingerprint density at radius 3 is 2.15 bits per heavy atom. The third kappa shape index (κ3) is 2.96. The van der Waals surface area contributed by atoms with Crippen LogP contribution in [0.4, 0.5) is 22.0 Å². The molecule has 0 amide bonds. The minimum Gasteiger partial charge on any atom is -0.207 e. The second-order valence-electron chi connectivity index (χ2n) is 4.30. The zero-order chi connectivity index (χ0) is 15.3. The molecule has 0 saturated carbocycles. The molecule has 3 nitrogen and oxygen atoms in total. The van der Waals surface area contributed by atoms with E-state index in [0.29, 0.717) is 16.4 Å². The van der Waals surface area contributed by atoms with Crippen LogP contribution in [-0.4, -0.2) is 31.7 Å². The molecule has 10 heteroatoms. The molecule has 20 heavy (non-hydrogen) atoms. The van der Waals surface area contributed by atoms with E-state index in [-0.39, 0.29) is 4.47 Å². The van der Waals surface area contributed by atoms with Crippen molar-refractivity contribution in [1.82, 2.24) is 4.31 Å². The van der Waals surface area contributed by atoms with E-state index in [1.807, 2.05) is 0 Å². The summed E-state index contributed by atoms with van der Waals surface area (Å²) in [5.41, 5.74) is -1.17. The van der Waals surface area contributed by atoms with Gasteiger partial charge in [0.1, 0.15) is 0 Å². The highest BCUT2D eigenvalue weighted by Crippen LogP contribution is 2.36. The number of benzene rings is 1. The lowest BCUT2D eigenvalue weighted by Crippen LogP contribution is -2.58. The minimum atomic E-state index is -4.73. The van der Waals surface area contributed by atoms with E-state index in [4.69, 9.17) is 0 Å². The highest BCUT2D eigenvalue weighted by molar-refractivity contribution is 9.10. The monoisotopic (exact) mass is 379 g/mol. The molecule has 0 spiro atoms. The lowest BCUT2D eigenvalue weighted by Gasteiger charge is -2.37. The molecule has 0 bridgehead atoms. The summed E-state index contributed by atoms with van der Waals surface area (Å²) in [6, 6.07) is 2.08. The Morgan fingerprint density at radius 2 is 1.70 bits per heavy atom. The zero-order valence-corrected chi connectivity index (χ0v) is 12.0. The van der Waals surface area contributed by atoms with Crippen LogP contribution in [0.2, 0.25) is 0 Å². The quantitative estimate of drug-likeness (QED) is 0.740. The highest BCUT2D eigenvalue weighted by Gasteiger charge is 2.50. The molecular weight excluding hydrogens is 373 g/mol. The Hall–Kier alpha value is -0.740. The van der Waals surface area contributed by atoms with E-state index in [1.54, 1.807) is 0 Å². The first-order valence-electron chi connectivity index (χ1n) is 5.18. The molecule has 1 saturated heterocycles. The van der Waals surface area contributed by atoms with Gasteiger partial charge >= 0.3 is 6.18 Å². The average molecular weight is 380 g/mol. The second-order valence-corrected chi connectivity index (χ2v) is 7.16. The summed E-state index contributed by atoms with van der Waals surface area (Å²) < 4.78 is 87.4. The predicted octanol–water partition coefficient (Wildman–Crippen LogP) is 3.11. The van der Waals surface area contributed by atoms with Gasteiger partial charge in [-0.2, -0.15) is 17.5 Å². The van der Waals surface area contributed by atoms with E-state index >= 15 is 0 Å². The van der Waals surface area contributed by atoms with Crippen LogP contribution in [0.25, 0.3) is 0 Å². The van der Waals surface area contributed by atoms with Gasteiger partial charge in [0.15, 0.2) is 0 Å². The van der Waals surface area contributed by atoms with Gasteiger partial charge in [0, 0.05) is 4.47 Å². The first kappa shape index (κ1) is 15.6. The Kier molecular flexibility index (Phi) is 3.63. The van der Waals surface area contributed by atoms with Crippen molar-refractivity contribution in [2.24, 2.45) is 0 Å². The number of alkyl halides is 5. The lowest BCUT2D eigenvalue weighted by atomic mass is 10.2. The summed E-state index contributed by atoms with van der Waals surface area (Å²) in [5, 5.41) is 0. The molecule has 1 aliphatic rings. The van der Waals surface area contributed by atoms with E-state index in [0.717, 1.165) is 6.07 Å². The molecule has 0 N–H and O–H groups in total. The standard InChI is InChI=1S/C10H7BrF5NO2S/c11-7-1-6(10(14,15)16)2-8(3-7)20(18,19)17-4-9(12,13)5-17/h1-3H,4-5H2. The SMILES string of the molecule is O=S(=O)(c1cc(Br)cc(C(F)(F)F)c1)N1CC(F)(F)C1. The summed E-state index contributed by atoms with van der Waals surface area (Å²) in [7, 11) is -4.36. The van der Waals surface area contributed by atoms with Gasteiger partial charge in [0.2, 0.25) is 10.0 Å². The van der Waals surface area contributed by atoms with Crippen molar-refractivity contribution < 1.29 is 30.4 Å². The van der Waals surface area contributed by atoms with Gasteiger partial charge in [-0.1, -0.05) is 15.9 Å². The number of hydrogen-bond acceptors (Lipinski definition) is 2. The van der Waals surface area contributed by atoms with Gasteiger partial charge in [0.05, 0.1) is 23.5 Å². The van der Waals surface area contributed by atoms with Crippen LogP contribution in [0.15, 0.2) is 27.6 Å². The summed E-state index contributed by atoms with van der Waals surface area (Å²) >= 11 is 2.78. The topological polar surface area (TPSA) is 37.4 Å². The summed E-state index contributed by atoms with van der Waals surface area (Å²) in [6.07, 6.45) is -4.73. The second kappa shape index (κ2) is 4.63. The zero-order valence-electron chi connectivity index (χ0n) is 9.59. The van der Waals surface area contributed by atoms with Crippen molar-refractivity contribution >= 4 is 26.0 Å². The van der Waals surface area contributed by atoms with Gasteiger partial charge in [-0.05, 0) is 18.2 Å². The largest absolute Gasteiger partial charge is 0.416 e. The molecule has 2 rings (SSSR count). The molecular formula is C10H7BrF5NO2S. The smallest absolute Gasteiger partial charge is 0.207 e. The molecule has 0 radical (unpaired) electrons. The van der Waals surface area contributed by atoms with Gasteiger partial charge < -0.3 is 0 Å². The van der Waals surface area contributed by atoms with Gasteiger partial charge in [-0.15, -0.1) is 0 Å². The number of halogens is 6. The first-order chi connectivity index (χ1) is 8.92. The first-order valence-corrected chi connectivity index (χ1v) is 7.41. The van der Waals surface area contributed by atoms with E-state index in [2.05, 4.69) is 15.9 Å². The lowest BCUT2D eigenvalue weighted by molar-refractivity contribution is -0.137. The molecule has 0 atom stereocenters. The van der Waals surface area contributed by atoms with Gasteiger partial charge in [0.25, 0.3) is 5.92 Å². The van der Waals surface area contributed by atoms with Crippen LogP contribution in [0.1, 0.15) is 5.56 Å². The van der Waals surface area contributed by atoms with Crippen LogP contribution in [0.5, 0.6) is 0 Å². The van der Waals surface area contributed by atoms with Crippen LogP contribution in [0.3, 0.4) is 0 Å². The molecule has 1 aromatic carbocycles. The highest BCUT2D eigenvalue weighted by atomic mass is 79.9. The summed E-state index contributed by atoms with van der Waals surface area (Å²) in [4.78, 5) is -0.672. The third-order valence-corrected chi connectivity index (χ3v) is 4.88. The molecule has 112 valence electrons. The molecule has 1 aromatic rings. The van der Waals surface area contributed by atoms with Crippen molar-refractivity contribution in [1.29, 1.82) is 0 Å². The molecule has 0 unspecified atom stereocenters. The van der Waals surface area contributed by atoms with Gasteiger partial charge in [-0.25, -0.2) is 17.2 Å². The van der Waals surface area contributed by atoms with Crippen molar-refractivity contribution in [2.45, 2.75) is 17.0 Å². The number of hydrogen-bond donors (Lipinski definition) is 0. The number of nitrogens with zero attached hydrogens (tertiary/aromatic N) is 1. The van der Waals surface area contributed by atoms with Crippen LogP contribution >= 0.6 is 15.9 Å². The van der Waals surface area contributed by atoms with Crippen molar-refractivity contribution in [3.05, 3.63) is 28.2 Å². The van der Waals surface area contributed by atoms with Crippen molar-refractivity contribution in [2.75, 3.05) is 13.1 Å². The maximum atomic E-state index is 12.7. The third-order valence-electron chi connectivity index (χ3n) is 2.65. The number of rotatable bonds is 2. The fraction of sp³-hybridized carbons (Fsp3) is 0.400. The fourth-order valence-corrected chi connectivity index (χ4v) is 3.88. The normalized spacial score (nSPS) is 19.7. The Labute approximate surface area is 119 Å². The molecule has 1 heterocycles. The van der Waals surface area contributed by atoms with Gasteiger partial charge in [-0.3, -0.25) is 0 Å². The van der Waals surface area contributed by atoms with Crippen LogP contribution < -0.4 is 0 Å². The maximum Gasteiger partial charge on any atom is 0.416 e. The molecule has 1 aliphatic heterocycles. The molecule has 0 aliphatic carbocycles. The predicted molar refractivity (Wildman–Crippen MR) is 62.8 cm³/mol. The summed E-state index contributed by atoms with van der Waals surface area (Å²) in [6.45, 7) is -2.05. The Balaban J connectivity index is 2.41. The Bertz CT molecular complexity index is 636. The summed E-state index contributed by atoms with van der Waals surface area (Å²) in [5.74, 6) is -3.13. The van der Waals surface area contributed by atoms with Crippen molar-refractivity contribution in [3.63, 3.8) is 0 Å². The van der Waals surface area contributed by atoms with Crippen molar-refractivity contribution in [3.8, 4) is 0 Å². The average Bonchev–Trinajstić information content (AvgIpc) is 2.23. The minimum absolute atomic E-state index is 0.0989. The fourth-order valence-electron chi connectivity index (χ4n) is 1.66. The van der Waals surface area contributed by atoms with Crippen LogP contribution in [-0.2, 0) is 16.2 Å². The maximum absolute atomic E-state index is 12.7. The van der Waals surface area contributed by atoms with E-state index < -0.39 is 45.7 Å². The Morgan fingerprint density at radius 1 is 1.15 bits per heavy atom. The van der Waals surface area contributed by atoms with E-state index in [1.165, 1.54) is 0 Å². The molecule has 0 aromatic heterocycles. The van der Waals surface area contributed by atoms with Crippen LogP contribution in [0, 0.1) is 0 Å². The number of sulfonamides is 1. The van der Waals surface area contributed by atoms with E-state index in [9.17, 15) is 30.4 Å². The molecule has 1 fully saturated rings.